The third-order valence-electron chi connectivity index (χ3n) is 7.28. The number of hydrazone groups is 2. The molecule has 6 N–H and O–H groups in total. The summed E-state index contributed by atoms with van der Waals surface area (Å²) in [5, 5.41) is 12.9. The van der Waals surface area contributed by atoms with Crippen molar-refractivity contribution in [2.45, 2.75) is 0 Å². The molecule has 4 aromatic carbocycles. The van der Waals surface area contributed by atoms with Crippen LogP contribution in [0.2, 0.25) is 0 Å². The topological polar surface area (TPSA) is 233 Å². The average Bonchev–Trinajstić information content (AvgIpc) is 3.07. The number of hydrogen-bond donors (Lipinski definition) is 6. The highest BCUT2D eigenvalue weighted by Gasteiger charge is 2.34. The second-order valence-corrected chi connectivity index (χ2v) is 13.5. The number of anilines is 4. The van der Waals surface area contributed by atoms with E-state index in [1.807, 2.05) is 0 Å². The van der Waals surface area contributed by atoms with Gasteiger partial charge >= 0.3 is 6.03 Å². The van der Waals surface area contributed by atoms with Crippen LogP contribution in [0, 0.1) is 0 Å². The number of fused-ring (bicyclic) bond motifs is 2. The van der Waals surface area contributed by atoms with E-state index in [9.17, 15) is 40.3 Å². The average molecular weight is 713 g/mol. The number of para-hydroxylation sites is 2. The van der Waals surface area contributed by atoms with Gasteiger partial charge in [0.15, 0.2) is 11.4 Å². The Morgan fingerprint density at radius 3 is 1.28 bits per heavy atom. The van der Waals surface area contributed by atoms with Crippen LogP contribution in [-0.2, 0) is 20.2 Å². The third-order valence-corrected chi connectivity index (χ3v) is 9.01. The molecule has 252 valence electrons. The van der Waals surface area contributed by atoms with Gasteiger partial charge in [-0.05, 0) is 83.9 Å². The summed E-state index contributed by atoms with van der Waals surface area (Å²) in [4.78, 5) is 37.9. The van der Waals surface area contributed by atoms with E-state index in [2.05, 4.69) is 31.7 Å². The minimum absolute atomic E-state index is 0.0552. The summed E-state index contributed by atoms with van der Waals surface area (Å²) in [5.41, 5.74) is 5.59. The number of carbonyl (C=O) groups excluding carboxylic acids is 3. The molecule has 0 saturated heterocycles. The van der Waals surface area contributed by atoms with E-state index in [-0.39, 0.29) is 33.6 Å². The van der Waals surface area contributed by atoms with E-state index >= 15 is 0 Å². The first kappa shape index (κ1) is 33.6. The molecule has 2 amide bonds. The number of rotatable bonds is 8. The van der Waals surface area contributed by atoms with Crippen LogP contribution < -0.4 is 21.5 Å². The molecule has 2 aliphatic rings. The molecule has 0 saturated carbocycles. The van der Waals surface area contributed by atoms with Crippen molar-refractivity contribution in [1.29, 1.82) is 0 Å². The maximum absolute atomic E-state index is 13.2. The fourth-order valence-electron chi connectivity index (χ4n) is 5.00. The van der Waals surface area contributed by atoms with Crippen molar-refractivity contribution >= 4 is 84.2 Å². The van der Waals surface area contributed by atoms with E-state index in [0.29, 0.717) is 11.4 Å². The third kappa shape index (κ3) is 7.25. The molecule has 0 radical (unpaired) electrons. The first-order valence-electron chi connectivity index (χ1n) is 14.4. The number of urea groups is 1. The molecule has 0 bridgehead atoms. The summed E-state index contributed by atoms with van der Waals surface area (Å²) >= 11 is 0. The van der Waals surface area contributed by atoms with Crippen molar-refractivity contribution < 1.29 is 40.3 Å². The van der Waals surface area contributed by atoms with Gasteiger partial charge in [0.25, 0.3) is 20.2 Å². The number of allylic oxidation sites excluding steroid dienone is 2. The summed E-state index contributed by atoms with van der Waals surface area (Å²) in [6, 6.07) is 24.2. The number of carbonyl (C=O) groups is 3. The molecule has 0 aliphatic heterocycles. The smallest absolute Gasteiger partial charge is 0.308 e. The summed E-state index contributed by atoms with van der Waals surface area (Å²) in [5.74, 6) is -1.58. The van der Waals surface area contributed by atoms with Gasteiger partial charge in [0, 0.05) is 22.5 Å². The van der Waals surface area contributed by atoms with Crippen molar-refractivity contribution in [3.8, 4) is 0 Å². The van der Waals surface area contributed by atoms with Crippen LogP contribution in [-0.4, -0.2) is 55.0 Å². The number of nitrogens with zero attached hydrogens (tertiary/aromatic N) is 2. The molecule has 0 aromatic heterocycles. The van der Waals surface area contributed by atoms with E-state index in [4.69, 9.17) is 0 Å². The molecule has 6 rings (SSSR count). The standard InChI is InChI=1S/C33H24N6O9S2/c40-31-25-13-11-23(15-19(25)17-27(49(43,44)45)29(31)38-36-21-7-3-1-4-8-21)34-33(42)35-24-12-14-26-20(16-24)18-28(50(46,47)48)30(32(26)41)39-37-22-9-5-2-6-10-22/h1-18,36-37H,(H2,34,35,42)(H,43,44,45)(H,46,47,48)/b38-29-,39-30?. The molecule has 0 atom stereocenters. The van der Waals surface area contributed by atoms with Gasteiger partial charge in [-0.25, -0.2) is 4.79 Å². The molecule has 17 heteroatoms. The lowest BCUT2D eigenvalue weighted by Gasteiger charge is -2.18. The molecule has 15 nitrogen and oxygen atoms in total. The molecule has 4 aromatic rings. The number of benzene rings is 4. The first-order valence-corrected chi connectivity index (χ1v) is 17.3. The lowest BCUT2D eigenvalue weighted by atomic mass is 9.94. The number of ketones is 2. The Bertz CT molecular complexity index is 2260. The predicted octanol–water partition coefficient (Wildman–Crippen LogP) is 5.12. The van der Waals surface area contributed by atoms with E-state index < -0.39 is 59.1 Å². The van der Waals surface area contributed by atoms with Crippen molar-refractivity contribution in [2.75, 3.05) is 21.5 Å². The van der Waals surface area contributed by atoms with Crippen LogP contribution in [0.25, 0.3) is 12.2 Å². The Morgan fingerprint density at radius 2 is 0.920 bits per heavy atom. The molecule has 0 heterocycles. The number of hydrogen-bond acceptors (Lipinski definition) is 11. The van der Waals surface area contributed by atoms with Crippen LogP contribution in [0.4, 0.5) is 27.5 Å². The van der Waals surface area contributed by atoms with Gasteiger partial charge < -0.3 is 10.6 Å². The van der Waals surface area contributed by atoms with E-state index in [1.54, 1.807) is 60.7 Å². The lowest BCUT2D eigenvalue weighted by Crippen LogP contribution is -2.27. The van der Waals surface area contributed by atoms with Crippen LogP contribution in [0.1, 0.15) is 31.8 Å². The summed E-state index contributed by atoms with van der Waals surface area (Å²) in [6.45, 7) is 0. The quantitative estimate of drug-likeness (QED) is 0.104. The maximum atomic E-state index is 13.2. The van der Waals surface area contributed by atoms with Crippen molar-refractivity contribution in [2.24, 2.45) is 10.2 Å². The Labute approximate surface area is 284 Å². The normalized spacial score (nSPS) is 15.8. The monoisotopic (exact) mass is 712 g/mol. The highest BCUT2D eigenvalue weighted by Crippen LogP contribution is 2.30. The van der Waals surface area contributed by atoms with Crippen LogP contribution in [0.3, 0.4) is 0 Å². The summed E-state index contributed by atoms with van der Waals surface area (Å²) in [7, 11) is -9.80. The Morgan fingerprint density at radius 1 is 0.540 bits per heavy atom. The zero-order valence-electron chi connectivity index (χ0n) is 25.4. The van der Waals surface area contributed by atoms with Gasteiger partial charge in [-0.1, -0.05) is 36.4 Å². The van der Waals surface area contributed by atoms with Crippen molar-refractivity contribution in [3.05, 3.63) is 129 Å². The molecular weight excluding hydrogens is 689 g/mol. The van der Waals surface area contributed by atoms with Gasteiger partial charge in [-0.15, -0.1) is 0 Å². The fourth-order valence-corrected chi connectivity index (χ4v) is 6.31. The van der Waals surface area contributed by atoms with Gasteiger partial charge in [0.1, 0.15) is 9.81 Å². The fraction of sp³-hybridized carbons (Fsp3) is 0. The zero-order chi connectivity index (χ0) is 35.6. The molecule has 0 fully saturated rings. The molecule has 0 unspecified atom stereocenters. The van der Waals surface area contributed by atoms with Crippen LogP contribution in [0.5, 0.6) is 0 Å². The van der Waals surface area contributed by atoms with E-state index in [0.717, 1.165) is 12.2 Å². The molecule has 50 heavy (non-hydrogen) atoms. The maximum Gasteiger partial charge on any atom is 0.323 e. The molecule has 0 spiro atoms. The largest absolute Gasteiger partial charge is 0.323 e. The SMILES string of the molecule is O=C(Nc1ccc2c(c1)C=C(S(=O)(=O)O)C(=NNc1ccccc1)C2=O)Nc1ccc2c(c1)C=C(S(=O)(=O)O)/C(=N/Nc1ccccc1)C2=O. The van der Waals surface area contributed by atoms with Gasteiger partial charge in [0.2, 0.25) is 11.6 Å². The molecule has 2 aliphatic carbocycles. The summed E-state index contributed by atoms with van der Waals surface area (Å²) in [6.07, 6.45) is 2.10. The highest BCUT2D eigenvalue weighted by atomic mass is 32.2. The minimum atomic E-state index is -4.90. The minimum Gasteiger partial charge on any atom is -0.308 e. The van der Waals surface area contributed by atoms with Crippen molar-refractivity contribution in [3.63, 3.8) is 0 Å². The first-order chi connectivity index (χ1) is 23.8. The lowest BCUT2D eigenvalue weighted by molar-refractivity contribution is 0.105. The Hall–Kier alpha value is -6.27. The van der Waals surface area contributed by atoms with Gasteiger partial charge in [-0.3, -0.25) is 29.5 Å². The van der Waals surface area contributed by atoms with Crippen molar-refractivity contribution in [1.82, 2.24) is 0 Å². The number of Topliss-reactive ketones (excluding diaryl/α,β-unsaturated/α-hetero) is 2. The van der Waals surface area contributed by atoms with E-state index in [1.165, 1.54) is 36.4 Å². The molecular formula is C33H24N6O9S2. The van der Waals surface area contributed by atoms with Crippen LogP contribution >= 0.6 is 0 Å². The van der Waals surface area contributed by atoms with Gasteiger partial charge in [0.05, 0.1) is 11.4 Å². The zero-order valence-corrected chi connectivity index (χ0v) is 27.0. The Balaban J connectivity index is 1.22. The highest BCUT2D eigenvalue weighted by molar-refractivity contribution is 7.91. The van der Waals surface area contributed by atoms with Gasteiger partial charge in [-0.2, -0.15) is 27.0 Å². The number of amides is 2. The van der Waals surface area contributed by atoms with Crippen LogP contribution in [0.15, 0.2) is 117 Å². The Kier molecular flexibility index (Phi) is 8.96. The number of nitrogens with one attached hydrogen (secondary N) is 4. The summed E-state index contributed by atoms with van der Waals surface area (Å²) < 4.78 is 68.5. The second kappa shape index (κ2) is 13.3. The predicted molar refractivity (Wildman–Crippen MR) is 188 cm³/mol. The second-order valence-electron chi connectivity index (χ2n) is 10.7.